The normalized spacial score (nSPS) is 20.0. The number of nitrogens with one attached hydrogen (secondary N) is 1. The van der Waals surface area contributed by atoms with E-state index in [-0.39, 0.29) is 5.56 Å². The second kappa shape index (κ2) is 6.46. The predicted molar refractivity (Wildman–Crippen MR) is 81.0 cm³/mol. The van der Waals surface area contributed by atoms with E-state index in [1.54, 1.807) is 0 Å². The van der Waals surface area contributed by atoms with E-state index in [1.807, 2.05) is 0 Å². The molecular formula is C18H14F5NO. The molecule has 0 saturated heterocycles. The van der Waals surface area contributed by atoms with Crippen molar-refractivity contribution in [3.63, 3.8) is 0 Å². The van der Waals surface area contributed by atoms with Crippen LogP contribution in [0.2, 0.25) is 0 Å². The fourth-order valence-corrected chi connectivity index (χ4v) is 3.03. The minimum Gasteiger partial charge on any atom is -0.349 e. The van der Waals surface area contributed by atoms with Crippen molar-refractivity contribution in [2.24, 2.45) is 0 Å². The van der Waals surface area contributed by atoms with E-state index in [9.17, 15) is 26.7 Å². The number of amides is 1. The lowest BCUT2D eigenvalue weighted by Crippen LogP contribution is -2.46. The van der Waals surface area contributed by atoms with Gasteiger partial charge < -0.3 is 5.32 Å². The Bertz CT molecular complexity index is 802. The van der Waals surface area contributed by atoms with Crippen molar-refractivity contribution in [2.75, 3.05) is 0 Å². The van der Waals surface area contributed by atoms with Crippen LogP contribution in [0.3, 0.4) is 0 Å². The fourth-order valence-electron chi connectivity index (χ4n) is 3.03. The Morgan fingerprint density at radius 2 is 1.72 bits per heavy atom. The van der Waals surface area contributed by atoms with Gasteiger partial charge in [-0.1, -0.05) is 24.3 Å². The van der Waals surface area contributed by atoms with E-state index >= 15 is 0 Å². The highest BCUT2D eigenvalue weighted by molar-refractivity contribution is 5.96. The van der Waals surface area contributed by atoms with Gasteiger partial charge in [-0.2, -0.15) is 13.2 Å². The monoisotopic (exact) mass is 355 g/mol. The van der Waals surface area contributed by atoms with E-state index in [0.29, 0.717) is 12.8 Å². The van der Waals surface area contributed by atoms with Gasteiger partial charge in [0.15, 0.2) is 11.6 Å². The largest absolute Gasteiger partial charge is 0.417 e. The molecule has 1 amide bonds. The summed E-state index contributed by atoms with van der Waals surface area (Å²) in [5, 5.41) is 2.51. The Balaban J connectivity index is 1.80. The topological polar surface area (TPSA) is 29.1 Å². The van der Waals surface area contributed by atoms with Crippen molar-refractivity contribution in [3.05, 3.63) is 70.8 Å². The zero-order chi connectivity index (χ0) is 18.2. The van der Waals surface area contributed by atoms with Gasteiger partial charge in [-0.3, -0.25) is 4.79 Å². The fraction of sp³-hybridized carbons (Fsp3) is 0.278. The highest BCUT2D eigenvalue weighted by Gasteiger charge is 2.38. The minimum absolute atomic E-state index is 0.126. The second-order valence-electron chi connectivity index (χ2n) is 5.95. The van der Waals surface area contributed by atoms with Gasteiger partial charge in [0.1, 0.15) is 0 Å². The van der Waals surface area contributed by atoms with Crippen molar-refractivity contribution in [1.29, 1.82) is 0 Å². The molecule has 1 N–H and O–H groups in total. The lowest BCUT2D eigenvalue weighted by Gasteiger charge is -2.37. The van der Waals surface area contributed by atoms with E-state index in [2.05, 4.69) is 5.32 Å². The molecule has 0 aromatic heterocycles. The molecule has 2 atom stereocenters. The average molecular weight is 355 g/mol. The molecule has 7 heteroatoms. The standard InChI is InChI=1S/C18H14F5NO/c19-14-7-3-5-11(16(14)20)10-8-9-15(10)24-17(25)12-4-1-2-6-13(12)18(21,22)23/h1-7,10,15H,8-9H2,(H,24,25)/t10-,15-/m1/s1. The number of halogens is 5. The van der Waals surface area contributed by atoms with Crippen molar-refractivity contribution >= 4 is 5.91 Å². The molecule has 0 radical (unpaired) electrons. The molecule has 2 nitrogen and oxygen atoms in total. The minimum atomic E-state index is -4.65. The van der Waals surface area contributed by atoms with Gasteiger partial charge in [0.25, 0.3) is 5.91 Å². The Labute approximate surface area is 140 Å². The number of carbonyl (C=O) groups is 1. The molecule has 1 saturated carbocycles. The van der Waals surface area contributed by atoms with Crippen LogP contribution in [0.5, 0.6) is 0 Å². The SMILES string of the molecule is O=C(N[C@@H]1CC[C@@H]1c1cccc(F)c1F)c1ccccc1C(F)(F)F. The molecule has 2 aromatic rings. The predicted octanol–water partition coefficient (Wildman–Crippen LogP) is 4.66. The van der Waals surface area contributed by atoms with Gasteiger partial charge >= 0.3 is 6.18 Å². The molecule has 1 fully saturated rings. The van der Waals surface area contributed by atoms with Crippen LogP contribution in [-0.2, 0) is 6.18 Å². The zero-order valence-electron chi connectivity index (χ0n) is 12.9. The summed E-state index contributed by atoms with van der Waals surface area (Å²) in [5.41, 5.74) is -1.39. The third kappa shape index (κ3) is 3.36. The summed E-state index contributed by atoms with van der Waals surface area (Å²) in [5.74, 6) is -3.31. The van der Waals surface area contributed by atoms with Gasteiger partial charge in [-0.25, -0.2) is 8.78 Å². The average Bonchev–Trinajstić information content (AvgIpc) is 2.55. The van der Waals surface area contributed by atoms with Crippen LogP contribution < -0.4 is 5.32 Å². The van der Waals surface area contributed by atoms with Crippen molar-refractivity contribution < 1.29 is 26.7 Å². The quantitative estimate of drug-likeness (QED) is 0.797. The molecule has 0 spiro atoms. The molecule has 0 aliphatic heterocycles. The van der Waals surface area contributed by atoms with Crippen molar-refractivity contribution in [3.8, 4) is 0 Å². The maximum absolute atomic E-state index is 13.9. The number of rotatable bonds is 3. The summed E-state index contributed by atoms with van der Waals surface area (Å²) in [6.07, 6.45) is -3.64. The molecular weight excluding hydrogens is 341 g/mol. The summed E-state index contributed by atoms with van der Waals surface area (Å²) >= 11 is 0. The van der Waals surface area contributed by atoms with Crippen LogP contribution in [0.4, 0.5) is 22.0 Å². The van der Waals surface area contributed by atoms with Gasteiger partial charge in [-0.05, 0) is 36.6 Å². The first-order valence-electron chi connectivity index (χ1n) is 7.70. The number of hydrogen-bond donors (Lipinski definition) is 1. The Hall–Kier alpha value is -2.44. The second-order valence-corrected chi connectivity index (χ2v) is 5.95. The summed E-state index contributed by atoms with van der Waals surface area (Å²) in [7, 11) is 0. The Morgan fingerprint density at radius 3 is 2.36 bits per heavy atom. The maximum atomic E-state index is 13.9. The van der Waals surface area contributed by atoms with Gasteiger partial charge in [0.05, 0.1) is 11.1 Å². The third-order valence-electron chi connectivity index (χ3n) is 4.45. The molecule has 1 aliphatic rings. The molecule has 3 rings (SSSR count). The van der Waals surface area contributed by atoms with E-state index in [1.165, 1.54) is 24.3 Å². The highest BCUT2D eigenvalue weighted by atomic mass is 19.4. The van der Waals surface area contributed by atoms with Crippen molar-refractivity contribution in [2.45, 2.75) is 31.0 Å². The van der Waals surface area contributed by atoms with Crippen LogP contribution in [0.15, 0.2) is 42.5 Å². The molecule has 1 aliphatic carbocycles. The number of alkyl halides is 3. The number of hydrogen-bond acceptors (Lipinski definition) is 1. The lowest BCUT2D eigenvalue weighted by atomic mass is 9.74. The smallest absolute Gasteiger partial charge is 0.349 e. The molecule has 0 unspecified atom stereocenters. The Morgan fingerprint density at radius 1 is 1.00 bits per heavy atom. The molecule has 25 heavy (non-hydrogen) atoms. The zero-order valence-corrected chi connectivity index (χ0v) is 12.9. The summed E-state index contributed by atoms with van der Waals surface area (Å²) in [6.45, 7) is 0. The summed E-state index contributed by atoms with van der Waals surface area (Å²) in [4.78, 5) is 12.3. The van der Waals surface area contributed by atoms with Gasteiger partial charge in [-0.15, -0.1) is 0 Å². The summed E-state index contributed by atoms with van der Waals surface area (Å²) < 4.78 is 66.3. The van der Waals surface area contributed by atoms with Crippen LogP contribution in [0.25, 0.3) is 0 Å². The van der Waals surface area contributed by atoms with E-state index in [0.717, 1.165) is 18.2 Å². The number of benzene rings is 2. The van der Waals surface area contributed by atoms with Crippen LogP contribution in [0.1, 0.15) is 40.2 Å². The lowest BCUT2D eigenvalue weighted by molar-refractivity contribution is -0.137. The van der Waals surface area contributed by atoms with Gasteiger partial charge in [0.2, 0.25) is 0 Å². The molecule has 0 heterocycles. The van der Waals surface area contributed by atoms with E-state index in [4.69, 9.17) is 0 Å². The maximum Gasteiger partial charge on any atom is 0.417 e. The molecule has 0 bridgehead atoms. The third-order valence-corrected chi connectivity index (χ3v) is 4.45. The van der Waals surface area contributed by atoms with Gasteiger partial charge in [0, 0.05) is 12.0 Å². The van der Waals surface area contributed by atoms with E-state index < -0.39 is 46.8 Å². The molecule has 132 valence electrons. The first-order valence-corrected chi connectivity index (χ1v) is 7.70. The van der Waals surface area contributed by atoms with Crippen LogP contribution >= 0.6 is 0 Å². The van der Waals surface area contributed by atoms with Crippen LogP contribution in [0, 0.1) is 11.6 Å². The highest BCUT2D eigenvalue weighted by Crippen LogP contribution is 2.39. The summed E-state index contributed by atoms with van der Waals surface area (Å²) in [6, 6.07) is 7.71. The number of carbonyl (C=O) groups excluding carboxylic acids is 1. The molecule has 2 aromatic carbocycles. The first-order chi connectivity index (χ1) is 11.8. The van der Waals surface area contributed by atoms with Crippen molar-refractivity contribution in [1.82, 2.24) is 5.32 Å². The van der Waals surface area contributed by atoms with Crippen LogP contribution in [-0.4, -0.2) is 11.9 Å². The first kappa shape index (κ1) is 17.4. The Kier molecular flexibility index (Phi) is 4.49.